The van der Waals surface area contributed by atoms with E-state index in [1.54, 1.807) is 6.08 Å². The minimum Gasteiger partial charge on any atom is -0.379 e. The Morgan fingerprint density at radius 3 is 2.78 bits per heavy atom. The number of nitriles is 1. The number of hydrogen-bond donors (Lipinski definition) is 0. The molecule has 0 bridgehead atoms. The smallest absolute Gasteiger partial charge is 0.0934 e. The van der Waals surface area contributed by atoms with Crippen molar-refractivity contribution in [2.45, 2.75) is 6.10 Å². The second-order valence-electron chi connectivity index (χ2n) is 4.86. The summed E-state index contributed by atoms with van der Waals surface area (Å²) in [5.41, 5.74) is 1.09. The predicted molar refractivity (Wildman–Crippen MR) is 68.2 cm³/mol. The molecule has 5 heteroatoms. The third-order valence-electron chi connectivity index (χ3n) is 3.44. The molecule has 0 amide bonds. The highest BCUT2D eigenvalue weighted by Crippen LogP contribution is 2.15. The summed E-state index contributed by atoms with van der Waals surface area (Å²) >= 11 is 0. The van der Waals surface area contributed by atoms with Crippen LogP contribution < -0.4 is 0 Å². The fourth-order valence-corrected chi connectivity index (χ4v) is 2.34. The summed E-state index contributed by atoms with van der Waals surface area (Å²) in [6.45, 7) is 6.83. The first-order chi connectivity index (χ1) is 8.79. The molecule has 0 radical (unpaired) electrons. The molecule has 0 aromatic heterocycles. The molecule has 2 aliphatic rings. The number of likely N-dealkylation sites (N-methyl/N-ethyl adjacent to an activating group) is 1. The van der Waals surface area contributed by atoms with Crippen LogP contribution in [0.1, 0.15) is 0 Å². The maximum Gasteiger partial charge on any atom is 0.0934 e. The van der Waals surface area contributed by atoms with Crippen molar-refractivity contribution in [2.24, 2.45) is 0 Å². The number of nitrogens with zero attached hydrogens (tertiary/aromatic N) is 3. The Hall–Kier alpha value is -0.930. The van der Waals surface area contributed by atoms with Crippen molar-refractivity contribution in [2.75, 3.05) is 59.6 Å². The second kappa shape index (κ2) is 6.86. The van der Waals surface area contributed by atoms with Gasteiger partial charge in [-0.2, -0.15) is 5.26 Å². The van der Waals surface area contributed by atoms with Crippen LogP contribution in [0.25, 0.3) is 0 Å². The van der Waals surface area contributed by atoms with Gasteiger partial charge in [-0.1, -0.05) is 0 Å². The van der Waals surface area contributed by atoms with Gasteiger partial charge in [-0.05, 0) is 12.6 Å². The molecule has 1 unspecified atom stereocenters. The van der Waals surface area contributed by atoms with E-state index in [2.05, 4.69) is 22.9 Å². The van der Waals surface area contributed by atoms with E-state index in [-0.39, 0.29) is 6.10 Å². The molecule has 0 aliphatic carbocycles. The molecule has 2 fully saturated rings. The van der Waals surface area contributed by atoms with Crippen LogP contribution in [-0.4, -0.2) is 75.5 Å². The molecular weight excluding hydrogens is 230 g/mol. The lowest BCUT2D eigenvalue weighted by molar-refractivity contribution is -0.00727. The largest absolute Gasteiger partial charge is 0.379 e. The summed E-state index contributed by atoms with van der Waals surface area (Å²) in [6, 6.07) is 2.15. The molecule has 5 nitrogen and oxygen atoms in total. The second-order valence-corrected chi connectivity index (χ2v) is 4.86. The normalized spacial score (nSPS) is 28.0. The van der Waals surface area contributed by atoms with Crippen molar-refractivity contribution in [3.63, 3.8) is 0 Å². The molecule has 2 saturated heterocycles. The van der Waals surface area contributed by atoms with E-state index in [0.717, 1.165) is 58.1 Å². The molecule has 18 heavy (non-hydrogen) atoms. The van der Waals surface area contributed by atoms with Gasteiger partial charge in [0.1, 0.15) is 0 Å². The standard InChI is InChI=1S/C13H21N3O2/c1-15-4-9-18-13(11-15)12(2-3-14)10-16-5-7-17-8-6-16/h2,13H,4-11H2,1H3. The lowest BCUT2D eigenvalue weighted by Crippen LogP contribution is -2.44. The number of rotatable bonds is 3. The van der Waals surface area contributed by atoms with Crippen LogP contribution in [0.5, 0.6) is 0 Å². The van der Waals surface area contributed by atoms with Crippen LogP contribution >= 0.6 is 0 Å². The van der Waals surface area contributed by atoms with Gasteiger partial charge in [0.15, 0.2) is 0 Å². The van der Waals surface area contributed by atoms with Gasteiger partial charge in [-0.3, -0.25) is 4.90 Å². The van der Waals surface area contributed by atoms with E-state index in [1.165, 1.54) is 0 Å². The molecule has 100 valence electrons. The van der Waals surface area contributed by atoms with Crippen molar-refractivity contribution in [3.05, 3.63) is 11.6 Å². The Kier molecular flexibility index (Phi) is 5.14. The Bertz CT molecular complexity index is 332. The fraction of sp³-hybridized carbons (Fsp3) is 0.769. The monoisotopic (exact) mass is 251 g/mol. The van der Waals surface area contributed by atoms with Gasteiger partial charge in [0.25, 0.3) is 0 Å². The minimum absolute atomic E-state index is 0.0613. The van der Waals surface area contributed by atoms with Gasteiger partial charge in [0, 0.05) is 38.8 Å². The van der Waals surface area contributed by atoms with E-state index < -0.39 is 0 Å². The summed E-state index contributed by atoms with van der Waals surface area (Å²) in [5, 5.41) is 8.92. The Labute approximate surface area is 109 Å². The van der Waals surface area contributed by atoms with Gasteiger partial charge < -0.3 is 14.4 Å². The molecule has 0 spiro atoms. The lowest BCUT2D eigenvalue weighted by atomic mass is 10.1. The zero-order valence-electron chi connectivity index (χ0n) is 11.0. The highest BCUT2D eigenvalue weighted by Gasteiger charge is 2.23. The fourth-order valence-electron chi connectivity index (χ4n) is 2.34. The van der Waals surface area contributed by atoms with Crippen LogP contribution in [0.4, 0.5) is 0 Å². The molecular formula is C13H21N3O2. The van der Waals surface area contributed by atoms with Gasteiger partial charge in [0.05, 0.1) is 32.0 Å². The Morgan fingerprint density at radius 1 is 1.33 bits per heavy atom. The summed E-state index contributed by atoms with van der Waals surface area (Å²) < 4.78 is 11.1. The van der Waals surface area contributed by atoms with Crippen LogP contribution in [-0.2, 0) is 9.47 Å². The third-order valence-corrected chi connectivity index (χ3v) is 3.44. The van der Waals surface area contributed by atoms with E-state index >= 15 is 0 Å². The van der Waals surface area contributed by atoms with Crippen LogP contribution in [0.15, 0.2) is 11.6 Å². The Balaban J connectivity index is 1.95. The molecule has 0 saturated carbocycles. The summed E-state index contributed by atoms with van der Waals surface area (Å²) in [7, 11) is 2.09. The lowest BCUT2D eigenvalue weighted by Gasteiger charge is -2.34. The maximum absolute atomic E-state index is 8.92. The van der Waals surface area contributed by atoms with E-state index in [0.29, 0.717) is 0 Å². The average molecular weight is 251 g/mol. The molecule has 2 heterocycles. The number of ether oxygens (including phenoxy) is 2. The number of morpholine rings is 2. The van der Waals surface area contributed by atoms with Crippen LogP contribution in [0.3, 0.4) is 0 Å². The van der Waals surface area contributed by atoms with Crippen molar-refractivity contribution < 1.29 is 9.47 Å². The van der Waals surface area contributed by atoms with Gasteiger partial charge in [-0.25, -0.2) is 0 Å². The third kappa shape index (κ3) is 3.79. The van der Waals surface area contributed by atoms with Crippen molar-refractivity contribution in [1.82, 2.24) is 9.80 Å². The van der Waals surface area contributed by atoms with Crippen LogP contribution in [0, 0.1) is 11.3 Å². The van der Waals surface area contributed by atoms with Crippen molar-refractivity contribution in [3.8, 4) is 6.07 Å². The molecule has 0 N–H and O–H groups in total. The first kappa shape index (κ1) is 13.5. The number of allylic oxidation sites excluding steroid dienone is 1. The highest BCUT2D eigenvalue weighted by molar-refractivity contribution is 5.20. The molecule has 2 rings (SSSR count). The minimum atomic E-state index is 0.0613. The highest BCUT2D eigenvalue weighted by atomic mass is 16.5. The Morgan fingerprint density at radius 2 is 2.11 bits per heavy atom. The zero-order valence-corrected chi connectivity index (χ0v) is 11.0. The SMILES string of the molecule is CN1CCOC(C(=CC#N)CN2CCOCC2)C1. The van der Waals surface area contributed by atoms with E-state index in [1.807, 2.05) is 0 Å². The molecule has 0 aromatic rings. The average Bonchev–Trinajstić information content (AvgIpc) is 2.39. The summed E-state index contributed by atoms with van der Waals surface area (Å²) in [6.07, 6.45) is 1.71. The van der Waals surface area contributed by atoms with Gasteiger partial charge in [0.2, 0.25) is 0 Å². The van der Waals surface area contributed by atoms with Crippen molar-refractivity contribution in [1.29, 1.82) is 5.26 Å². The molecule has 2 aliphatic heterocycles. The topological polar surface area (TPSA) is 48.7 Å². The van der Waals surface area contributed by atoms with E-state index in [4.69, 9.17) is 14.7 Å². The van der Waals surface area contributed by atoms with Crippen molar-refractivity contribution >= 4 is 0 Å². The first-order valence-electron chi connectivity index (χ1n) is 6.48. The molecule has 1 atom stereocenters. The van der Waals surface area contributed by atoms with Crippen LogP contribution in [0.2, 0.25) is 0 Å². The van der Waals surface area contributed by atoms with E-state index in [9.17, 15) is 0 Å². The first-order valence-corrected chi connectivity index (χ1v) is 6.48. The summed E-state index contributed by atoms with van der Waals surface area (Å²) in [4.78, 5) is 4.57. The quantitative estimate of drug-likeness (QED) is 0.666. The van der Waals surface area contributed by atoms with Gasteiger partial charge >= 0.3 is 0 Å². The summed E-state index contributed by atoms with van der Waals surface area (Å²) in [5.74, 6) is 0. The van der Waals surface area contributed by atoms with Gasteiger partial charge in [-0.15, -0.1) is 0 Å². The zero-order chi connectivity index (χ0) is 12.8. The maximum atomic E-state index is 8.92. The predicted octanol–water partition coefficient (Wildman–Crippen LogP) is 0.0992. The molecule has 0 aromatic carbocycles. The number of hydrogen-bond acceptors (Lipinski definition) is 5.